The smallest absolute Gasteiger partial charge is 0.344 e. The van der Waals surface area contributed by atoms with Crippen LogP contribution in [0.5, 0.6) is 5.75 Å². The zero-order valence-electron chi connectivity index (χ0n) is 12.5. The fraction of sp³-hybridized carbons (Fsp3) is 0.267. The average Bonchev–Trinajstić information content (AvgIpc) is 3.05. The maximum Gasteiger partial charge on any atom is 0.344 e. The van der Waals surface area contributed by atoms with E-state index < -0.39 is 16.0 Å². The van der Waals surface area contributed by atoms with Gasteiger partial charge in [-0.05, 0) is 43.3 Å². The molecular weight excluding hydrogens is 322 g/mol. The second-order valence-corrected chi connectivity index (χ2v) is 6.24. The Bertz CT molecular complexity index is 722. The number of hydrogen-bond acceptors (Lipinski definition) is 6. The van der Waals surface area contributed by atoms with Crippen LogP contribution in [-0.2, 0) is 26.1 Å². The summed E-state index contributed by atoms with van der Waals surface area (Å²) in [5.41, 5.74) is 0. The highest BCUT2D eigenvalue weighted by Crippen LogP contribution is 2.16. The third kappa shape index (κ3) is 5.11. The lowest BCUT2D eigenvalue weighted by Gasteiger charge is -2.08. The SMILES string of the molecule is CCOC(=O)COc1ccc(S(=O)(=O)NCc2ccco2)cc1. The number of carbonyl (C=O) groups is 1. The van der Waals surface area contributed by atoms with Gasteiger partial charge in [-0.2, -0.15) is 0 Å². The monoisotopic (exact) mass is 339 g/mol. The van der Waals surface area contributed by atoms with Crippen LogP contribution in [0.2, 0.25) is 0 Å². The lowest BCUT2D eigenvalue weighted by Crippen LogP contribution is -2.23. The van der Waals surface area contributed by atoms with Gasteiger partial charge in [-0.1, -0.05) is 0 Å². The molecule has 0 spiro atoms. The van der Waals surface area contributed by atoms with Crippen LogP contribution in [0.4, 0.5) is 0 Å². The first kappa shape index (κ1) is 17.0. The Morgan fingerprint density at radius 2 is 1.96 bits per heavy atom. The van der Waals surface area contributed by atoms with Gasteiger partial charge in [0.2, 0.25) is 10.0 Å². The van der Waals surface area contributed by atoms with Gasteiger partial charge in [0.1, 0.15) is 11.5 Å². The highest BCUT2D eigenvalue weighted by molar-refractivity contribution is 7.89. The van der Waals surface area contributed by atoms with Gasteiger partial charge in [0.05, 0.1) is 24.3 Å². The zero-order chi connectivity index (χ0) is 16.7. The van der Waals surface area contributed by atoms with Crippen LogP contribution in [-0.4, -0.2) is 27.6 Å². The summed E-state index contributed by atoms with van der Waals surface area (Å²) in [6.45, 7) is 1.82. The van der Waals surface area contributed by atoms with Gasteiger partial charge in [-0.25, -0.2) is 17.9 Å². The Labute approximate surface area is 134 Å². The fourth-order valence-electron chi connectivity index (χ4n) is 1.72. The summed E-state index contributed by atoms with van der Waals surface area (Å²) in [6, 6.07) is 9.09. The lowest BCUT2D eigenvalue weighted by atomic mass is 10.3. The normalized spacial score (nSPS) is 11.2. The molecule has 0 amide bonds. The number of furan rings is 1. The van der Waals surface area contributed by atoms with Gasteiger partial charge >= 0.3 is 5.97 Å². The molecule has 7 nitrogen and oxygen atoms in total. The number of hydrogen-bond donors (Lipinski definition) is 1. The van der Waals surface area contributed by atoms with Crippen LogP contribution < -0.4 is 9.46 Å². The predicted octanol–water partition coefficient (Wildman–Crippen LogP) is 1.70. The number of ether oxygens (including phenoxy) is 2. The number of benzene rings is 1. The topological polar surface area (TPSA) is 94.8 Å². The first-order valence-electron chi connectivity index (χ1n) is 6.92. The summed E-state index contributed by atoms with van der Waals surface area (Å²) >= 11 is 0. The van der Waals surface area contributed by atoms with E-state index in [1.54, 1.807) is 19.1 Å². The molecule has 23 heavy (non-hydrogen) atoms. The van der Waals surface area contributed by atoms with Crippen molar-refractivity contribution in [3.8, 4) is 5.75 Å². The van der Waals surface area contributed by atoms with E-state index >= 15 is 0 Å². The number of carbonyl (C=O) groups excluding carboxylic acids is 1. The fourth-order valence-corrected chi connectivity index (χ4v) is 2.72. The van der Waals surface area contributed by atoms with Gasteiger partial charge < -0.3 is 13.9 Å². The largest absolute Gasteiger partial charge is 0.482 e. The van der Waals surface area contributed by atoms with Crippen LogP contribution in [0.25, 0.3) is 0 Å². The standard InChI is InChI=1S/C15H17NO6S/c1-2-20-15(17)11-22-12-5-7-14(8-6-12)23(18,19)16-10-13-4-3-9-21-13/h3-9,16H,2,10-11H2,1H3. The Balaban J connectivity index is 1.93. The van der Waals surface area contributed by atoms with Gasteiger partial charge in [0, 0.05) is 0 Å². The molecule has 1 aromatic carbocycles. The van der Waals surface area contributed by atoms with E-state index in [0.29, 0.717) is 11.5 Å². The van der Waals surface area contributed by atoms with Crippen molar-refractivity contribution in [1.29, 1.82) is 0 Å². The van der Waals surface area contributed by atoms with Crippen molar-refractivity contribution in [2.45, 2.75) is 18.4 Å². The highest BCUT2D eigenvalue weighted by atomic mass is 32.2. The minimum atomic E-state index is -3.65. The molecule has 0 aliphatic rings. The van der Waals surface area contributed by atoms with Gasteiger partial charge in [0.15, 0.2) is 6.61 Å². The van der Waals surface area contributed by atoms with E-state index in [9.17, 15) is 13.2 Å². The van der Waals surface area contributed by atoms with E-state index in [0.717, 1.165) is 0 Å². The molecule has 2 aromatic rings. The van der Waals surface area contributed by atoms with Crippen molar-refractivity contribution in [3.63, 3.8) is 0 Å². The van der Waals surface area contributed by atoms with Crippen molar-refractivity contribution < 1.29 is 27.1 Å². The Morgan fingerprint density at radius 1 is 1.22 bits per heavy atom. The average molecular weight is 339 g/mol. The molecule has 8 heteroatoms. The lowest BCUT2D eigenvalue weighted by molar-refractivity contribution is -0.145. The summed E-state index contributed by atoms with van der Waals surface area (Å²) < 4.78 is 41.7. The van der Waals surface area contributed by atoms with E-state index in [1.807, 2.05) is 0 Å². The minimum Gasteiger partial charge on any atom is -0.482 e. The van der Waals surface area contributed by atoms with Crippen LogP contribution in [0, 0.1) is 0 Å². The summed E-state index contributed by atoms with van der Waals surface area (Å²) in [7, 11) is -3.65. The second-order valence-electron chi connectivity index (χ2n) is 4.47. The highest BCUT2D eigenvalue weighted by Gasteiger charge is 2.14. The third-order valence-corrected chi connectivity index (χ3v) is 4.23. The molecule has 1 heterocycles. The molecule has 1 N–H and O–H groups in total. The molecule has 0 fully saturated rings. The van der Waals surface area contributed by atoms with Crippen molar-refractivity contribution in [1.82, 2.24) is 4.72 Å². The van der Waals surface area contributed by atoms with Crippen LogP contribution in [0.3, 0.4) is 0 Å². The number of sulfonamides is 1. The van der Waals surface area contributed by atoms with Crippen molar-refractivity contribution >= 4 is 16.0 Å². The molecule has 0 saturated carbocycles. The molecule has 0 atom stereocenters. The van der Waals surface area contributed by atoms with E-state index in [4.69, 9.17) is 13.9 Å². The van der Waals surface area contributed by atoms with Crippen molar-refractivity contribution in [2.24, 2.45) is 0 Å². The Hall–Kier alpha value is -2.32. The third-order valence-electron chi connectivity index (χ3n) is 2.81. The second kappa shape index (κ2) is 7.80. The van der Waals surface area contributed by atoms with Crippen molar-refractivity contribution in [2.75, 3.05) is 13.2 Å². The molecule has 0 radical (unpaired) electrons. The van der Waals surface area contributed by atoms with Crippen molar-refractivity contribution in [3.05, 3.63) is 48.4 Å². The van der Waals surface area contributed by atoms with E-state index in [2.05, 4.69) is 4.72 Å². The number of nitrogens with one attached hydrogen (secondary N) is 1. The quantitative estimate of drug-likeness (QED) is 0.736. The Kier molecular flexibility index (Phi) is 5.78. The van der Waals surface area contributed by atoms with Gasteiger partial charge in [-0.3, -0.25) is 0 Å². The van der Waals surface area contributed by atoms with Crippen LogP contribution >= 0.6 is 0 Å². The summed E-state index contributed by atoms with van der Waals surface area (Å²) in [5, 5.41) is 0. The summed E-state index contributed by atoms with van der Waals surface area (Å²) in [6.07, 6.45) is 1.47. The van der Waals surface area contributed by atoms with E-state index in [1.165, 1.54) is 30.5 Å². The van der Waals surface area contributed by atoms with Gasteiger partial charge in [0.25, 0.3) is 0 Å². The summed E-state index contributed by atoms with van der Waals surface area (Å²) in [5.74, 6) is 0.412. The molecule has 0 bridgehead atoms. The molecule has 0 aliphatic heterocycles. The molecule has 0 unspecified atom stereocenters. The maximum absolute atomic E-state index is 12.1. The van der Waals surface area contributed by atoms with E-state index in [-0.39, 0.29) is 24.7 Å². The predicted molar refractivity (Wildman–Crippen MR) is 81.3 cm³/mol. The molecule has 0 saturated heterocycles. The Morgan fingerprint density at radius 3 is 2.57 bits per heavy atom. The minimum absolute atomic E-state index is 0.0659. The number of rotatable bonds is 8. The summed E-state index contributed by atoms with van der Waals surface area (Å²) in [4.78, 5) is 11.3. The molecular formula is C15H17NO6S. The first-order chi connectivity index (χ1) is 11.0. The zero-order valence-corrected chi connectivity index (χ0v) is 13.3. The molecule has 124 valence electrons. The number of esters is 1. The van der Waals surface area contributed by atoms with Crippen LogP contribution in [0.15, 0.2) is 52.0 Å². The molecule has 0 aliphatic carbocycles. The molecule has 1 aromatic heterocycles. The first-order valence-corrected chi connectivity index (χ1v) is 8.40. The maximum atomic E-state index is 12.1. The van der Waals surface area contributed by atoms with Crippen LogP contribution in [0.1, 0.15) is 12.7 Å². The van der Waals surface area contributed by atoms with Gasteiger partial charge in [-0.15, -0.1) is 0 Å². The molecule has 2 rings (SSSR count).